The SMILES string of the molecule is CCn1ncc(Cl)c1C(O)c1ccc2c(c1)CCO2. The third kappa shape index (κ3) is 2.11. The van der Waals surface area contributed by atoms with Gasteiger partial charge in [0.2, 0.25) is 0 Å². The maximum absolute atomic E-state index is 10.5. The number of aliphatic hydroxyl groups excluding tert-OH is 1. The summed E-state index contributed by atoms with van der Waals surface area (Å²) >= 11 is 6.12. The molecule has 0 radical (unpaired) electrons. The first-order valence-corrected chi connectivity index (χ1v) is 6.73. The lowest BCUT2D eigenvalue weighted by Gasteiger charge is -2.14. The molecule has 1 aromatic carbocycles. The van der Waals surface area contributed by atoms with Crippen LogP contribution in [0.5, 0.6) is 5.75 Å². The molecule has 3 rings (SSSR count). The highest BCUT2D eigenvalue weighted by atomic mass is 35.5. The van der Waals surface area contributed by atoms with Crippen LogP contribution in [-0.2, 0) is 13.0 Å². The van der Waals surface area contributed by atoms with Gasteiger partial charge in [-0.05, 0) is 30.2 Å². The number of aryl methyl sites for hydroxylation is 1. The molecule has 0 fully saturated rings. The zero-order valence-corrected chi connectivity index (χ0v) is 11.4. The van der Waals surface area contributed by atoms with E-state index in [1.54, 1.807) is 10.9 Å². The summed E-state index contributed by atoms with van der Waals surface area (Å²) in [4.78, 5) is 0. The Morgan fingerprint density at radius 2 is 2.37 bits per heavy atom. The normalized spacial score (nSPS) is 15.1. The van der Waals surface area contributed by atoms with Gasteiger partial charge in [0.1, 0.15) is 11.9 Å². The van der Waals surface area contributed by atoms with Gasteiger partial charge in [0, 0.05) is 13.0 Å². The Bertz CT molecular complexity index is 609. The van der Waals surface area contributed by atoms with Crippen molar-refractivity contribution in [2.45, 2.75) is 26.0 Å². The average Bonchev–Trinajstić information content (AvgIpc) is 3.02. The number of halogens is 1. The molecule has 0 saturated carbocycles. The van der Waals surface area contributed by atoms with Crippen molar-refractivity contribution >= 4 is 11.6 Å². The predicted octanol–water partition coefficient (Wildman–Crippen LogP) is 2.57. The second-order valence-corrected chi connectivity index (χ2v) is 4.97. The Morgan fingerprint density at radius 1 is 1.53 bits per heavy atom. The van der Waals surface area contributed by atoms with E-state index >= 15 is 0 Å². The van der Waals surface area contributed by atoms with Gasteiger partial charge < -0.3 is 9.84 Å². The average molecular weight is 279 g/mol. The molecular formula is C14H15ClN2O2. The molecule has 0 aliphatic carbocycles. The summed E-state index contributed by atoms with van der Waals surface area (Å²) in [6.07, 6.45) is 1.69. The molecule has 19 heavy (non-hydrogen) atoms. The minimum Gasteiger partial charge on any atom is -0.493 e. The fourth-order valence-electron chi connectivity index (χ4n) is 2.43. The summed E-state index contributed by atoms with van der Waals surface area (Å²) in [5.74, 6) is 0.908. The minimum absolute atomic E-state index is 0.492. The van der Waals surface area contributed by atoms with Gasteiger partial charge in [0.05, 0.1) is 23.5 Å². The largest absolute Gasteiger partial charge is 0.493 e. The third-order valence-corrected chi connectivity index (χ3v) is 3.71. The van der Waals surface area contributed by atoms with Crippen LogP contribution in [0.1, 0.15) is 29.8 Å². The van der Waals surface area contributed by atoms with Crippen molar-refractivity contribution in [2.24, 2.45) is 0 Å². The quantitative estimate of drug-likeness (QED) is 0.939. The highest BCUT2D eigenvalue weighted by molar-refractivity contribution is 6.31. The summed E-state index contributed by atoms with van der Waals surface area (Å²) in [7, 11) is 0. The van der Waals surface area contributed by atoms with Crippen molar-refractivity contribution in [3.05, 3.63) is 46.2 Å². The monoisotopic (exact) mass is 278 g/mol. The molecule has 2 heterocycles. The lowest BCUT2D eigenvalue weighted by Crippen LogP contribution is -2.09. The Balaban J connectivity index is 1.99. The van der Waals surface area contributed by atoms with Crippen molar-refractivity contribution in [2.75, 3.05) is 6.61 Å². The predicted molar refractivity (Wildman–Crippen MR) is 72.6 cm³/mol. The Hall–Kier alpha value is -1.52. The van der Waals surface area contributed by atoms with Crippen LogP contribution in [0.3, 0.4) is 0 Å². The number of fused-ring (bicyclic) bond motifs is 1. The second-order valence-electron chi connectivity index (χ2n) is 4.56. The number of nitrogens with zero attached hydrogens (tertiary/aromatic N) is 2. The summed E-state index contributed by atoms with van der Waals surface area (Å²) in [6.45, 7) is 3.35. The Kier molecular flexibility index (Phi) is 3.21. The summed E-state index contributed by atoms with van der Waals surface area (Å²) in [6, 6.07) is 5.76. The van der Waals surface area contributed by atoms with Gasteiger partial charge in [-0.1, -0.05) is 17.7 Å². The Morgan fingerprint density at radius 3 is 3.16 bits per heavy atom. The van der Waals surface area contributed by atoms with E-state index < -0.39 is 6.10 Å². The standard InChI is InChI=1S/C14H15ClN2O2/c1-2-17-13(11(15)8-16-17)14(18)10-3-4-12-9(7-10)5-6-19-12/h3-4,7-8,14,18H,2,5-6H2,1H3. The van der Waals surface area contributed by atoms with E-state index in [0.717, 1.165) is 23.3 Å². The van der Waals surface area contributed by atoms with Gasteiger partial charge in [-0.15, -0.1) is 0 Å². The fraction of sp³-hybridized carbons (Fsp3) is 0.357. The van der Waals surface area contributed by atoms with Crippen LogP contribution in [0, 0.1) is 0 Å². The zero-order valence-electron chi connectivity index (χ0n) is 10.6. The smallest absolute Gasteiger partial charge is 0.122 e. The van der Waals surface area contributed by atoms with Crippen LogP contribution < -0.4 is 4.74 Å². The van der Waals surface area contributed by atoms with E-state index in [1.807, 2.05) is 25.1 Å². The summed E-state index contributed by atoms with van der Waals surface area (Å²) in [5, 5.41) is 15.2. The topological polar surface area (TPSA) is 47.3 Å². The van der Waals surface area contributed by atoms with Crippen LogP contribution in [0.4, 0.5) is 0 Å². The van der Waals surface area contributed by atoms with Gasteiger partial charge in [-0.3, -0.25) is 4.68 Å². The first kappa shape index (κ1) is 12.5. The van der Waals surface area contributed by atoms with Crippen LogP contribution >= 0.6 is 11.6 Å². The van der Waals surface area contributed by atoms with Crippen molar-refractivity contribution < 1.29 is 9.84 Å². The van der Waals surface area contributed by atoms with E-state index in [9.17, 15) is 5.11 Å². The first-order valence-electron chi connectivity index (χ1n) is 6.35. The van der Waals surface area contributed by atoms with E-state index in [1.165, 1.54) is 0 Å². The van der Waals surface area contributed by atoms with Crippen molar-refractivity contribution in [1.29, 1.82) is 0 Å². The van der Waals surface area contributed by atoms with Crippen LogP contribution in [0.15, 0.2) is 24.4 Å². The van der Waals surface area contributed by atoms with Crippen molar-refractivity contribution in [3.63, 3.8) is 0 Å². The number of benzene rings is 1. The minimum atomic E-state index is -0.763. The van der Waals surface area contributed by atoms with Gasteiger partial charge in [-0.2, -0.15) is 5.10 Å². The molecule has 100 valence electrons. The van der Waals surface area contributed by atoms with E-state index in [0.29, 0.717) is 23.9 Å². The molecule has 2 aromatic rings. The molecule has 1 aliphatic heterocycles. The summed E-state index contributed by atoms with van der Waals surface area (Å²) in [5.41, 5.74) is 2.60. The molecule has 1 unspecified atom stereocenters. The van der Waals surface area contributed by atoms with E-state index in [-0.39, 0.29) is 0 Å². The molecule has 1 aliphatic rings. The fourth-order valence-corrected chi connectivity index (χ4v) is 2.67. The maximum atomic E-state index is 10.5. The van der Waals surface area contributed by atoms with Crippen LogP contribution in [0.25, 0.3) is 0 Å². The second kappa shape index (κ2) is 4.87. The van der Waals surface area contributed by atoms with Gasteiger partial charge in [0.25, 0.3) is 0 Å². The summed E-state index contributed by atoms with van der Waals surface area (Å²) < 4.78 is 7.19. The van der Waals surface area contributed by atoms with Crippen molar-refractivity contribution in [1.82, 2.24) is 9.78 Å². The number of hydrogen-bond donors (Lipinski definition) is 1. The number of rotatable bonds is 3. The molecule has 1 atom stereocenters. The van der Waals surface area contributed by atoms with Gasteiger partial charge in [-0.25, -0.2) is 0 Å². The van der Waals surface area contributed by atoms with E-state index in [2.05, 4.69) is 5.10 Å². The highest BCUT2D eigenvalue weighted by Gasteiger charge is 2.21. The highest BCUT2D eigenvalue weighted by Crippen LogP contribution is 2.32. The van der Waals surface area contributed by atoms with Crippen LogP contribution in [0.2, 0.25) is 5.02 Å². The van der Waals surface area contributed by atoms with Gasteiger partial charge >= 0.3 is 0 Å². The number of aliphatic hydroxyl groups is 1. The van der Waals surface area contributed by atoms with Crippen LogP contribution in [-0.4, -0.2) is 21.5 Å². The first-order chi connectivity index (χ1) is 9.20. The van der Waals surface area contributed by atoms with Crippen molar-refractivity contribution in [3.8, 4) is 5.75 Å². The zero-order chi connectivity index (χ0) is 13.4. The Labute approximate surface area is 116 Å². The number of hydrogen-bond acceptors (Lipinski definition) is 3. The third-order valence-electron chi connectivity index (χ3n) is 3.42. The molecule has 0 spiro atoms. The molecule has 1 aromatic heterocycles. The molecule has 4 nitrogen and oxygen atoms in total. The molecular weight excluding hydrogens is 264 g/mol. The molecule has 1 N–H and O–H groups in total. The van der Waals surface area contributed by atoms with E-state index in [4.69, 9.17) is 16.3 Å². The lowest BCUT2D eigenvalue weighted by molar-refractivity contribution is 0.208. The maximum Gasteiger partial charge on any atom is 0.122 e. The number of ether oxygens (including phenoxy) is 1. The molecule has 0 amide bonds. The number of aromatic nitrogens is 2. The molecule has 0 bridgehead atoms. The lowest BCUT2D eigenvalue weighted by atomic mass is 10.0. The van der Waals surface area contributed by atoms with Gasteiger partial charge in [0.15, 0.2) is 0 Å². The molecule has 0 saturated heterocycles. The molecule has 5 heteroatoms.